The summed E-state index contributed by atoms with van der Waals surface area (Å²) in [6.45, 7) is 7.06. The Morgan fingerprint density at radius 1 is 1.26 bits per heavy atom. The molecule has 1 unspecified atom stereocenters. The number of carbonyl (C=O) groups excluding carboxylic acids is 2. The van der Waals surface area contributed by atoms with E-state index in [0.29, 0.717) is 17.2 Å². The number of esters is 1. The Hall–Kier alpha value is -2.25. The summed E-state index contributed by atoms with van der Waals surface area (Å²) in [5.74, 6) is -0.949. The lowest BCUT2D eigenvalue weighted by Crippen LogP contribution is -3.11. The van der Waals surface area contributed by atoms with Gasteiger partial charge in [-0.2, -0.15) is 0 Å². The van der Waals surface area contributed by atoms with Crippen LogP contribution in [0.4, 0.5) is 9.39 Å². The topological polar surface area (TPSA) is 59.8 Å². The van der Waals surface area contributed by atoms with Crippen LogP contribution in [-0.4, -0.2) is 31.6 Å². The van der Waals surface area contributed by atoms with E-state index in [1.54, 1.807) is 19.1 Å². The first-order valence-electron chi connectivity index (χ1n) is 9.21. The van der Waals surface area contributed by atoms with Crippen LogP contribution in [0.25, 0.3) is 0 Å². The molecule has 1 aromatic carbocycles. The van der Waals surface area contributed by atoms with Crippen molar-refractivity contribution in [1.29, 1.82) is 0 Å². The Labute approximate surface area is 162 Å². The first-order chi connectivity index (χ1) is 13.0. The third kappa shape index (κ3) is 4.54. The van der Waals surface area contributed by atoms with Crippen molar-refractivity contribution in [2.75, 3.05) is 25.0 Å². The Balaban J connectivity index is 1.82. The lowest BCUT2D eigenvalue weighted by atomic mass is 10.0. The smallest absolute Gasteiger partial charge is 0.341 e. The van der Waals surface area contributed by atoms with Gasteiger partial charge in [-0.15, -0.1) is 11.3 Å². The zero-order chi connectivity index (χ0) is 19.4. The lowest BCUT2D eigenvalue weighted by molar-refractivity contribution is -0.913. The first-order valence-corrected chi connectivity index (χ1v) is 10.0. The van der Waals surface area contributed by atoms with Crippen LogP contribution in [0.3, 0.4) is 0 Å². The molecule has 2 N–H and O–H groups in total. The van der Waals surface area contributed by atoms with Crippen molar-refractivity contribution in [3.63, 3.8) is 0 Å². The summed E-state index contributed by atoms with van der Waals surface area (Å²) < 4.78 is 18.3. The predicted octanol–water partition coefficient (Wildman–Crippen LogP) is 2.21. The molecule has 0 bridgehead atoms. The summed E-state index contributed by atoms with van der Waals surface area (Å²) in [7, 11) is 0. The minimum Gasteiger partial charge on any atom is -0.462 e. The second kappa shape index (κ2) is 8.63. The molecule has 1 aromatic heterocycles. The van der Waals surface area contributed by atoms with Gasteiger partial charge in [0.2, 0.25) is 5.91 Å². The zero-order valence-electron chi connectivity index (χ0n) is 15.6. The zero-order valence-corrected chi connectivity index (χ0v) is 16.4. The molecule has 0 radical (unpaired) electrons. The van der Waals surface area contributed by atoms with Gasteiger partial charge in [-0.25, -0.2) is 9.18 Å². The predicted molar refractivity (Wildman–Crippen MR) is 103 cm³/mol. The van der Waals surface area contributed by atoms with E-state index < -0.39 is 0 Å². The highest BCUT2D eigenvalue weighted by Gasteiger charge is 2.30. The number of anilines is 1. The number of amides is 1. The van der Waals surface area contributed by atoms with Crippen LogP contribution < -0.4 is 10.2 Å². The van der Waals surface area contributed by atoms with Gasteiger partial charge >= 0.3 is 5.97 Å². The molecule has 7 heteroatoms. The molecule has 1 aliphatic rings. The van der Waals surface area contributed by atoms with Crippen LogP contribution in [0.15, 0.2) is 24.3 Å². The molecular formula is C20H24FN2O3S+. The average Bonchev–Trinajstić information content (AvgIpc) is 3.00. The molecule has 0 spiro atoms. The summed E-state index contributed by atoms with van der Waals surface area (Å²) in [6.07, 6.45) is 0.925. The van der Waals surface area contributed by atoms with Crippen molar-refractivity contribution in [2.45, 2.75) is 33.2 Å². The van der Waals surface area contributed by atoms with Crippen LogP contribution >= 0.6 is 11.3 Å². The van der Waals surface area contributed by atoms with Crippen LogP contribution in [0.1, 0.15) is 40.2 Å². The summed E-state index contributed by atoms with van der Waals surface area (Å²) >= 11 is 1.46. The summed E-state index contributed by atoms with van der Waals surface area (Å²) in [5.41, 5.74) is 2.22. The van der Waals surface area contributed by atoms with Crippen molar-refractivity contribution in [3.05, 3.63) is 51.7 Å². The molecule has 27 heavy (non-hydrogen) atoms. The van der Waals surface area contributed by atoms with Crippen molar-refractivity contribution in [1.82, 2.24) is 0 Å². The molecule has 3 rings (SSSR count). The van der Waals surface area contributed by atoms with E-state index in [4.69, 9.17) is 4.74 Å². The van der Waals surface area contributed by atoms with E-state index >= 15 is 0 Å². The number of nitrogens with one attached hydrogen (secondary N) is 2. The maximum atomic E-state index is 13.0. The Morgan fingerprint density at radius 3 is 2.67 bits per heavy atom. The molecule has 1 amide bonds. The fourth-order valence-corrected chi connectivity index (χ4v) is 4.63. The number of rotatable bonds is 6. The maximum Gasteiger partial charge on any atom is 0.341 e. The molecule has 1 aliphatic heterocycles. The van der Waals surface area contributed by atoms with E-state index in [-0.39, 0.29) is 24.1 Å². The number of likely N-dealkylation sites (N-methyl/N-ethyl adjacent to an activating group) is 1. The Bertz CT molecular complexity index is 832. The first kappa shape index (κ1) is 19.5. The molecule has 0 saturated heterocycles. The van der Waals surface area contributed by atoms with E-state index in [1.165, 1.54) is 28.4 Å². The third-order valence-corrected chi connectivity index (χ3v) is 5.89. The second-order valence-corrected chi connectivity index (χ2v) is 7.67. The molecule has 1 atom stereocenters. The van der Waals surface area contributed by atoms with Crippen molar-refractivity contribution in [3.8, 4) is 0 Å². The number of fused-ring (bicyclic) bond motifs is 1. The summed E-state index contributed by atoms with van der Waals surface area (Å²) in [6, 6.07) is 5.84. The van der Waals surface area contributed by atoms with E-state index in [9.17, 15) is 14.0 Å². The highest BCUT2D eigenvalue weighted by atomic mass is 32.1. The second-order valence-electron chi connectivity index (χ2n) is 6.56. The molecule has 144 valence electrons. The highest BCUT2D eigenvalue weighted by Crippen LogP contribution is 2.35. The number of thiophene rings is 1. The Kier molecular flexibility index (Phi) is 6.23. The lowest BCUT2D eigenvalue weighted by Gasteiger charge is -2.22. The van der Waals surface area contributed by atoms with Crippen molar-refractivity contribution < 1.29 is 23.6 Å². The van der Waals surface area contributed by atoms with Crippen molar-refractivity contribution in [2.24, 2.45) is 0 Å². The van der Waals surface area contributed by atoms with Gasteiger partial charge in [0.05, 0.1) is 36.6 Å². The molecular weight excluding hydrogens is 367 g/mol. The number of benzene rings is 1. The molecule has 5 nitrogen and oxygen atoms in total. The van der Waals surface area contributed by atoms with Gasteiger partial charge in [-0.1, -0.05) is 12.1 Å². The van der Waals surface area contributed by atoms with E-state index in [1.807, 2.05) is 0 Å². The summed E-state index contributed by atoms with van der Waals surface area (Å²) in [5, 5.41) is 3.44. The number of halogens is 1. The third-order valence-electron chi connectivity index (χ3n) is 4.74. The molecule has 0 aliphatic carbocycles. The number of hydrogen-bond donors (Lipinski definition) is 2. The molecule has 2 aromatic rings. The minimum absolute atomic E-state index is 0.122. The van der Waals surface area contributed by atoms with Crippen molar-refractivity contribution >= 4 is 28.2 Å². The normalized spacial score (nSPS) is 15.9. The standard InChI is InChI=1S/C20H23FN2O3S/c1-3-23-10-9-15-16(12-23)27-19(18(15)20(25)26-4-2)22-17(24)11-13-5-7-14(21)8-6-13/h5-8H,3-4,9-12H2,1-2H3,(H,22,24)/p+1. The van der Waals surface area contributed by atoms with Gasteiger partial charge in [-0.05, 0) is 37.1 Å². The highest BCUT2D eigenvalue weighted by molar-refractivity contribution is 7.17. The monoisotopic (exact) mass is 391 g/mol. The van der Waals surface area contributed by atoms with Gasteiger partial charge in [0.1, 0.15) is 17.4 Å². The molecule has 0 saturated carbocycles. The van der Waals surface area contributed by atoms with Gasteiger partial charge in [0.15, 0.2) is 0 Å². The minimum atomic E-state index is -0.382. The number of carbonyl (C=O) groups is 2. The largest absolute Gasteiger partial charge is 0.462 e. The van der Waals surface area contributed by atoms with Crippen LogP contribution in [0.2, 0.25) is 0 Å². The van der Waals surface area contributed by atoms with Gasteiger partial charge in [0, 0.05) is 6.42 Å². The SMILES string of the molecule is CCOC(=O)c1c(NC(=O)Cc2ccc(F)cc2)sc2c1CC[NH+](CC)C2. The quantitative estimate of drug-likeness (QED) is 0.743. The average molecular weight is 391 g/mol. The van der Waals surface area contributed by atoms with Crippen LogP contribution in [0, 0.1) is 5.82 Å². The maximum absolute atomic E-state index is 13.0. The fourth-order valence-electron chi connectivity index (χ4n) is 3.30. The van der Waals surface area contributed by atoms with Crippen LogP contribution in [0.5, 0.6) is 0 Å². The number of ether oxygens (including phenoxy) is 1. The van der Waals surface area contributed by atoms with E-state index in [2.05, 4.69) is 12.2 Å². The number of hydrogen-bond acceptors (Lipinski definition) is 4. The van der Waals surface area contributed by atoms with E-state index in [0.717, 1.165) is 42.1 Å². The van der Waals surface area contributed by atoms with Crippen LogP contribution in [-0.2, 0) is 28.9 Å². The summed E-state index contributed by atoms with van der Waals surface area (Å²) in [4.78, 5) is 27.6. The molecule has 2 heterocycles. The van der Waals surface area contributed by atoms with Gasteiger partial charge < -0.3 is 15.0 Å². The molecule has 0 fully saturated rings. The van der Waals surface area contributed by atoms with Gasteiger partial charge in [-0.3, -0.25) is 4.79 Å². The van der Waals surface area contributed by atoms with Gasteiger partial charge in [0.25, 0.3) is 0 Å². The Morgan fingerprint density at radius 2 is 2.00 bits per heavy atom. The number of quaternary nitrogens is 1. The fraction of sp³-hybridized carbons (Fsp3) is 0.400.